The van der Waals surface area contributed by atoms with Gasteiger partial charge < -0.3 is 9.84 Å². The van der Waals surface area contributed by atoms with Gasteiger partial charge in [-0.15, -0.1) is 0 Å². The lowest BCUT2D eigenvalue weighted by atomic mass is 10.1. The van der Waals surface area contributed by atoms with E-state index in [1.54, 1.807) is 0 Å². The first-order chi connectivity index (χ1) is 7.35. The largest absolute Gasteiger partial charge is 0.396 e. The Kier molecular flexibility index (Phi) is 4.04. The van der Waals surface area contributed by atoms with Crippen molar-refractivity contribution in [1.82, 2.24) is 0 Å². The quantitative estimate of drug-likeness (QED) is 0.495. The SMILES string of the molecule is CCCCCC1OC1CCC1CC1CO. The van der Waals surface area contributed by atoms with Crippen LogP contribution in [0.5, 0.6) is 0 Å². The fraction of sp³-hybridized carbons (Fsp3) is 1.00. The van der Waals surface area contributed by atoms with Gasteiger partial charge in [0, 0.05) is 6.61 Å². The van der Waals surface area contributed by atoms with Gasteiger partial charge in [-0.2, -0.15) is 0 Å². The molecule has 2 nitrogen and oxygen atoms in total. The Hall–Kier alpha value is -0.0800. The lowest BCUT2D eigenvalue weighted by Crippen LogP contribution is -1.96. The fourth-order valence-electron chi connectivity index (χ4n) is 2.55. The van der Waals surface area contributed by atoms with E-state index in [1.165, 1.54) is 44.9 Å². The van der Waals surface area contributed by atoms with Crippen LogP contribution in [-0.4, -0.2) is 23.9 Å². The van der Waals surface area contributed by atoms with Crippen LogP contribution >= 0.6 is 0 Å². The van der Waals surface area contributed by atoms with Gasteiger partial charge in [-0.3, -0.25) is 0 Å². The van der Waals surface area contributed by atoms with Crippen molar-refractivity contribution in [2.24, 2.45) is 11.8 Å². The van der Waals surface area contributed by atoms with E-state index in [-0.39, 0.29) is 0 Å². The zero-order valence-electron chi connectivity index (χ0n) is 9.82. The molecule has 0 spiro atoms. The van der Waals surface area contributed by atoms with E-state index in [0.717, 1.165) is 5.92 Å². The molecule has 88 valence electrons. The Morgan fingerprint density at radius 3 is 2.53 bits per heavy atom. The van der Waals surface area contributed by atoms with Gasteiger partial charge in [0.25, 0.3) is 0 Å². The molecule has 0 amide bonds. The molecule has 2 heteroatoms. The van der Waals surface area contributed by atoms with E-state index in [2.05, 4.69) is 6.92 Å². The van der Waals surface area contributed by atoms with Crippen LogP contribution in [0, 0.1) is 11.8 Å². The highest BCUT2D eigenvalue weighted by atomic mass is 16.6. The van der Waals surface area contributed by atoms with Gasteiger partial charge in [0.05, 0.1) is 12.2 Å². The second-order valence-electron chi connectivity index (χ2n) is 5.22. The van der Waals surface area contributed by atoms with Gasteiger partial charge in [0.1, 0.15) is 0 Å². The Bertz CT molecular complexity index is 193. The predicted molar refractivity (Wildman–Crippen MR) is 60.7 cm³/mol. The fourth-order valence-corrected chi connectivity index (χ4v) is 2.55. The van der Waals surface area contributed by atoms with Crippen molar-refractivity contribution < 1.29 is 9.84 Å². The van der Waals surface area contributed by atoms with Crippen LogP contribution in [-0.2, 0) is 4.74 Å². The highest BCUT2D eigenvalue weighted by Crippen LogP contribution is 2.43. The maximum atomic E-state index is 8.92. The van der Waals surface area contributed by atoms with Gasteiger partial charge in [-0.05, 0) is 37.5 Å². The third-order valence-electron chi connectivity index (χ3n) is 3.91. The van der Waals surface area contributed by atoms with E-state index in [1.807, 2.05) is 0 Å². The van der Waals surface area contributed by atoms with Gasteiger partial charge in [-0.1, -0.05) is 26.2 Å². The summed E-state index contributed by atoms with van der Waals surface area (Å²) in [7, 11) is 0. The number of aliphatic hydroxyl groups excluding tert-OH is 1. The molecule has 0 aromatic rings. The monoisotopic (exact) mass is 212 g/mol. The number of hydrogen-bond acceptors (Lipinski definition) is 2. The summed E-state index contributed by atoms with van der Waals surface area (Å²) in [5.74, 6) is 1.44. The van der Waals surface area contributed by atoms with Gasteiger partial charge in [0.15, 0.2) is 0 Å². The van der Waals surface area contributed by atoms with Crippen molar-refractivity contribution in [3.63, 3.8) is 0 Å². The number of epoxide rings is 1. The predicted octanol–water partition coefficient (Wildman–Crippen LogP) is 2.74. The minimum absolute atomic E-state index is 0.399. The van der Waals surface area contributed by atoms with E-state index in [9.17, 15) is 0 Å². The lowest BCUT2D eigenvalue weighted by Gasteiger charge is -1.96. The summed E-state index contributed by atoms with van der Waals surface area (Å²) >= 11 is 0. The highest BCUT2D eigenvalue weighted by molar-refractivity contribution is 4.90. The third-order valence-corrected chi connectivity index (χ3v) is 3.91. The number of unbranched alkanes of at least 4 members (excludes halogenated alkanes) is 2. The average molecular weight is 212 g/mol. The summed E-state index contributed by atoms with van der Waals surface area (Å²) in [4.78, 5) is 0. The maximum Gasteiger partial charge on any atom is 0.0842 e. The minimum atomic E-state index is 0.399. The molecule has 1 aliphatic heterocycles. The molecular weight excluding hydrogens is 188 g/mol. The second-order valence-corrected chi connectivity index (χ2v) is 5.22. The third kappa shape index (κ3) is 3.46. The van der Waals surface area contributed by atoms with Crippen molar-refractivity contribution in [3.05, 3.63) is 0 Å². The maximum absolute atomic E-state index is 8.92. The van der Waals surface area contributed by atoms with E-state index in [4.69, 9.17) is 9.84 Å². The Balaban J connectivity index is 1.45. The summed E-state index contributed by atoms with van der Waals surface area (Å²) in [6.07, 6.45) is 10.2. The highest BCUT2D eigenvalue weighted by Gasteiger charge is 2.41. The average Bonchev–Trinajstić information content (AvgIpc) is 3.11. The number of aliphatic hydroxyl groups is 1. The van der Waals surface area contributed by atoms with Crippen molar-refractivity contribution >= 4 is 0 Å². The molecule has 1 aliphatic carbocycles. The van der Waals surface area contributed by atoms with Crippen LogP contribution in [0.4, 0.5) is 0 Å². The smallest absolute Gasteiger partial charge is 0.0842 e. The normalized spacial score (nSPS) is 38.0. The van der Waals surface area contributed by atoms with Crippen LogP contribution in [0.1, 0.15) is 51.9 Å². The summed E-state index contributed by atoms with van der Waals surface area (Å²) in [6.45, 7) is 2.64. The molecule has 0 bridgehead atoms. The van der Waals surface area contributed by atoms with Crippen LogP contribution in [0.15, 0.2) is 0 Å². The first-order valence-corrected chi connectivity index (χ1v) is 6.61. The van der Waals surface area contributed by atoms with Gasteiger partial charge in [-0.25, -0.2) is 0 Å². The van der Waals surface area contributed by atoms with Crippen molar-refractivity contribution in [3.8, 4) is 0 Å². The number of hydrogen-bond donors (Lipinski definition) is 1. The molecule has 0 radical (unpaired) electrons. The molecule has 2 rings (SSSR count). The molecule has 0 aromatic carbocycles. The van der Waals surface area contributed by atoms with Crippen LogP contribution in [0.2, 0.25) is 0 Å². The number of rotatable bonds is 8. The molecule has 15 heavy (non-hydrogen) atoms. The molecule has 4 atom stereocenters. The Morgan fingerprint density at radius 1 is 1.07 bits per heavy atom. The van der Waals surface area contributed by atoms with Crippen molar-refractivity contribution in [1.29, 1.82) is 0 Å². The van der Waals surface area contributed by atoms with Gasteiger partial charge >= 0.3 is 0 Å². The van der Waals surface area contributed by atoms with Crippen LogP contribution in [0.25, 0.3) is 0 Å². The van der Waals surface area contributed by atoms with Crippen LogP contribution in [0.3, 0.4) is 0 Å². The molecule has 1 heterocycles. The Morgan fingerprint density at radius 2 is 1.87 bits per heavy atom. The van der Waals surface area contributed by atoms with Gasteiger partial charge in [0.2, 0.25) is 0 Å². The molecular formula is C13H24O2. The first-order valence-electron chi connectivity index (χ1n) is 6.61. The zero-order valence-corrected chi connectivity index (χ0v) is 9.82. The van der Waals surface area contributed by atoms with E-state index >= 15 is 0 Å². The lowest BCUT2D eigenvalue weighted by molar-refractivity contribution is 0.265. The summed E-state index contributed by atoms with van der Waals surface area (Å²) < 4.78 is 5.65. The zero-order chi connectivity index (χ0) is 10.7. The van der Waals surface area contributed by atoms with Crippen LogP contribution < -0.4 is 0 Å². The first kappa shape index (κ1) is 11.4. The Labute approximate surface area is 93.0 Å². The topological polar surface area (TPSA) is 32.8 Å². The van der Waals surface area contributed by atoms with E-state index in [0.29, 0.717) is 24.7 Å². The minimum Gasteiger partial charge on any atom is -0.396 e. The summed E-state index contributed by atoms with van der Waals surface area (Å²) in [5, 5.41) is 8.92. The molecule has 4 unspecified atom stereocenters. The summed E-state index contributed by atoms with van der Waals surface area (Å²) in [5.41, 5.74) is 0. The molecule has 1 saturated heterocycles. The van der Waals surface area contributed by atoms with Crippen molar-refractivity contribution in [2.45, 2.75) is 64.1 Å². The molecule has 0 aromatic heterocycles. The molecule has 1 N–H and O–H groups in total. The second kappa shape index (κ2) is 5.31. The molecule has 2 aliphatic rings. The summed E-state index contributed by atoms with van der Waals surface area (Å²) in [6, 6.07) is 0. The van der Waals surface area contributed by atoms with Crippen molar-refractivity contribution in [2.75, 3.05) is 6.61 Å². The van der Waals surface area contributed by atoms with E-state index < -0.39 is 0 Å². The number of ether oxygens (including phenoxy) is 1. The molecule has 1 saturated carbocycles. The standard InChI is InChI=1S/C13H24O2/c1-2-3-4-5-12-13(15-12)7-6-10-8-11(10)9-14/h10-14H,2-9H2,1H3. The molecule has 2 fully saturated rings.